The van der Waals surface area contributed by atoms with E-state index in [1.807, 2.05) is 4.90 Å². The van der Waals surface area contributed by atoms with Crippen LogP contribution in [0.2, 0.25) is 0 Å². The van der Waals surface area contributed by atoms with Crippen LogP contribution in [0.1, 0.15) is 30.9 Å². The van der Waals surface area contributed by atoms with Crippen LogP contribution in [0.3, 0.4) is 0 Å². The molecule has 0 spiro atoms. The van der Waals surface area contributed by atoms with E-state index in [1.54, 1.807) is 0 Å². The number of hydrogen-bond donors (Lipinski definition) is 9. The van der Waals surface area contributed by atoms with Gasteiger partial charge in [0, 0.05) is 13.1 Å². The number of aliphatic hydroxyl groups is 5. The van der Waals surface area contributed by atoms with Crippen LogP contribution in [0.5, 0.6) is 5.75 Å². The lowest BCUT2D eigenvalue weighted by molar-refractivity contribution is -0.494. The average Bonchev–Trinajstić information content (AvgIpc) is 2.97. The number of hydrogen-bond acceptors (Lipinski definition) is 15. The van der Waals surface area contributed by atoms with Gasteiger partial charge in [-0.25, -0.2) is 0 Å². The van der Waals surface area contributed by atoms with Crippen molar-refractivity contribution in [2.75, 3.05) is 40.5 Å². The van der Waals surface area contributed by atoms with Crippen molar-refractivity contribution in [3.8, 4) is 5.75 Å². The molecule has 2 fully saturated rings. The van der Waals surface area contributed by atoms with Gasteiger partial charge in [0.05, 0.1) is 59.4 Å². The maximum Gasteiger partial charge on any atom is 0.259 e. The van der Waals surface area contributed by atoms with Gasteiger partial charge >= 0.3 is 0 Å². The molecule has 0 aromatic heterocycles. The topological polar surface area (TPSA) is 244 Å². The molecule has 1 aromatic carbocycles. The zero-order valence-corrected chi connectivity index (χ0v) is 24.9. The van der Waals surface area contributed by atoms with E-state index in [9.17, 15) is 45.0 Å². The Morgan fingerprint density at radius 2 is 1.76 bits per heavy atom. The summed E-state index contributed by atoms with van der Waals surface area (Å²) >= 11 is 0. The normalized spacial score (nSPS) is 32.6. The lowest BCUT2D eigenvalue weighted by atomic mass is 9.53. The Kier molecular flexibility index (Phi) is 8.58. The monoisotopic (exact) mass is 634 g/mol. The summed E-state index contributed by atoms with van der Waals surface area (Å²) in [4.78, 5) is 49.2. The molecule has 1 amide bonds. The Labute approximate surface area is 257 Å². The number of Topliss-reactive ketones (excluding diaryl/α,β-unsaturated/α-hetero) is 2. The van der Waals surface area contributed by atoms with Crippen molar-refractivity contribution in [3.63, 3.8) is 0 Å². The number of nitrogens with one attached hydrogen (secondary N) is 1. The summed E-state index contributed by atoms with van der Waals surface area (Å²) in [7, 11) is 2.85. The van der Waals surface area contributed by atoms with Gasteiger partial charge in [0.1, 0.15) is 22.8 Å². The number of carbonyl (C=O) groups excluding carboxylic acids is 3. The lowest BCUT2D eigenvalue weighted by Crippen LogP contribution is -2.72. The van der Waals surface area contributed by atoms with Gasteiger partial charge in [-0.1, -0.05) is 12.1 Å². The van der Waals surface area contributed by atoms with Crippen LogP contribution in [-0.2, 0) is 24.8 Å². The van der Waals surface area contributed by atoms with Gasteiger partial charge in [0.25, 0.3) is 5.91 Å². The molecule has 4 aliphatic rings. The molecule has 16 heteroatoms. The average molecular weight is 635 g/mol. The molecule has 1 aromatic rings. The third-order valence-corrected chi connectivity index (χ3v) is 9.61. The second-order valence-corrected chi connectivity index (χ2v) is 12.5. The van der Waals surface area contributed by atoms with Crippen LogP contribution < -0.4 is 5.32 Å². The van der Waals surface area contributed by atoms with Crippen molar-refractivity contribution in [1.82, 2.24) is 20.5 Å². The molecular formula is C29H38N4O12. The van der Waals surface area contributed by atoms with E-state index in [0.717, 1.165) is 0 Å². The highest BCUT2D eigenvalue weighted by molar-refractivity contribution is 6.25. The smallest absolute Gasteiger partial charge is 0.259 e. The Bertz CT molecular complexity index is 1460. The first-order valence-corrected chi connectivity index (χ1v) is 14.4. The number of nitrogens with zero attached hydrogens (tertiary/aromatic N) is 3. The molecule has 1 unspecified atom stereocenters. The van der Waals surface area contributed by atoms with Crippen LogP contribution in [-0.4, -0.2) is 132 Å². The first-order chi connectivity index (χ1) is 21.0. The van der Waals surface area contributed by atoms with E-state index in [4.69, 9.17) is 10.4 Å². The molecule has 0 radical (unpaired) electrons. The molecule has 6 atom stereocenters. The third-order valence-electron chi connectivity index (χ3n) is 9.61. The second kappa shape index (κ2) is 11.7. The Morgan fingerprint density at radius 3 is 2.36 bits per heavy atom. The molecule has 0 bridgehead atoms. The van der Waals surface area contributed by atoms with Gasteiger partial charge in [-0.2, -0.15) is 0 Å². The number of rotatable bonds is 7. The highest BCUT2D eigenvalue weighted by atomic mass is 17.1. The van der Waals surface area contributed by atoms with Crippen molar-refractivity contribution in [3.05, 3.63) is 46.2 Å². The molecule has 3 aliphatic carbocycles. The van der Waals surface area contributed by atoms with Crippen molar-refractivity contribution in [2.45, 2.75) is 43.1 Å². The number of carbonyl (C=O) groups is 3. The minimum absolute atomic E-state index is 0.00487. The van der Waals surface area contributed by atoms with Gasteiger partial charge in [0.2, 0.25) is 5.78 Å². The maximum absolute atomic E-state index is 14.2. The molecule has 246 valence electrons. The first-order valence-electron chi connectivity index (χ1n) is 14.4. The van der Waals surface area contributed by atoms with Gasteiger partial charge in [-0.15, -0.1) is 0 Å². The summed E-state index contributed by atoms with van der Waals surface area (Å²) in [5.41, 5.74) is -7.03. The van der Waals surface area contributed by atoms with Gasteiger partial charge in [0.15, 0.2) is 11.4 Å². The summed E-state index contributed by atoms with van der Waals surface area (Å²) in [5.74, 6) is -9.36. The minimum Gasteiger partial charge on any atom is -0.508 e. The Balaban J connectivity index is 1.50. The predicted octanol–water partition coefficient (Wildman–Crippen LogP) is -1.09. The molecule has 9 N–H and O–H groups in total. The Morgan fingerprint density at radius 1 is 1.11 bits per heavy atom. The fraction of sp³-hybridized carbons (Fsp3) is 0.552. The molecule has 1 saturated heterocycles. The van der Waals surface area contributed by atoms with Gasteiger partial charge < -0.3 is 36.0 Å². The standard InChI is InChI=1S/C29H38N4O12/c1-28(41)14-5-4-6-15(34)16(14)22(35)17-19(28)24(37)20-21(31(2)3)23(36)18(26(39)29(20,42)25(17)38)27(40)30-12-32-9-7-13(8-10-32)11-45-33(43)44/h4-6,13,19-21,24,34-35,37,39,41-44H,7-12H2,1-3H3,(H,30,40)/t19-,20-,21?,24+,28-,29+/m1/s1. The number of fused-ring (bicyclic) bond motifs is 3. The number of ketones is 2. The lowest BCUT2D eigenvalue weighted by Gasteiger charge is -2.55. The highest BCUT2D eigenvalue weighted by Gasteiger charge is 2.70. The Hall–Kier alpha value is -3.45. The van der Waals surface area contributed by atoms with Crippen LogP contribution in [0, 0.1) is 17.8 Å². The molecule has 16 nitrogen and oxygen atoms in total. The van der Waals surface area contributed by atoms with Crippen molar-refractivity contribution in [2.24, 2.45) is 17.8 Å². The highest BCUT2D eigenvalue weighted by Crippen LogP contribution is 2.57. The van der Waals surface area contributed by atoms with Crippen molar-refractivity contribution in [1.29, 1.82) is 0 Å². The summed E-state index contributed by atoms with van der Waals surface area (Å²) in [5, 5.41) is 88.2. The van der Waals surface area contributed by atoms with Crippen molar-refractivity contribution >= 4 is 23.2 Å². The second-order valence-electron chi connectivity index (χ2n) is 12.5. The number of amides is 1. The fourth-order valence-electron chi connectivity index (χ4n) is 7.33. The molecule has 1 aliphatic heterocycles. The quantitative estimate of drug-likeness (QED) is 0.128. The molecule has 45 heavy (non-hydrogen) atoms. The van der Waals surface area contributed by atoms with Gasteiger partial charge in [-0.05, 0) is 51.4 Å². The van der Waals surface area contributed by atoms with Gasteiger partial charge in [-0.3, -0.25) is 39.4 Å². The van der Waals surface area contributed by atoms with Crippen LogP contribution in [0.15, 0.2) is 35.1 Å². The number of aromatic hydroxyl groups is 1. The van der Waals surface area contributed by atoms with E-state index in [-0.39, 0.29) is 35.7 Å². The van der Waals surface area contributed by atoms with Crippen LogP contribution in [0.25, 0.3) is 5.76 Å². The predicted molar refractivity (Wildman–Crippen MR) is 151 cm³/mol. The number of likely N-dealkylation sites (tertiary alicyclic amines) is 1. The zero-order chi connectivity index (χ0) is 33.2. The summed E-state index contributed by atoms with van der Waals surface area (Å²) in [6, 6.07) is 2.48. The number of aliphatic hydroxyl groups excluding tert-OH is 3. The fourth-order valence-corrected chi connectivity index (χ4v) is 7.33. The molecular weight excluding hydrogens is 596 g/mol. The van der Waals surface area contributed by atoms with E-state index in [0.29, 0.717) is 25.9 Å². The summed E-state index contributed by atoms with van der Waals surface area (Å²) < 4.78 is 0. The SMILES string of the molecule is CN(C)C1C(=O)C(C(=O)NCN2CCC(CON(O)O)CC2)=C(O)[C@@]2(O)C(=O)C3=C(O)c4c(O)cccc4[C@@](C)(O)[C@H]3[C@H](O)[C@@H]12. The summed E-state index contributed by atoms with van der Waals surface area (Å²) in [6.07, 6.45) is -0.725. The minimum atomic E-state index is -3.07. The molecule has 5 rings (SSSR count). The number of phenolic OH excluding ortho intramolecular Hbond substituents is 1. The van der Waals surface area contributed by atoms with E-state index >= 15 is 0 Å². The number of piperidine rings is 1. The number of phenols is 1. The summed E-state index contributed by atoms with van der Waals surface area (Å²) in [6.45, 7) is 2.22. The third kappa shape index (κ3) is 5.11. The van der Waals surface area contributed by atoms with Crippen molar-refractivity contribution < 1.29 is 60.3 Å². The van der Waals surface area contributed by atoms with E-state index in [1.165, 1.54) is 44.1 Å². The van der Waals surface area contributed by atoms with E-state index in [2.05, 4.69) is 10.2 Å². The zero-order valence-electron chi connectivity index (χ0n) is 24.9. The maximum atomic E-state index is 14.2. The van der Waals surface area contributed by atoms with E-state index < -0.39 is 81.1 Å². The molecule has 1 saturated carbocycles. The number of benzene rings is 1. The first kappa shape index (κ1) is 32.9. The van der Waals surface area contributed by atoms with Crippen LogP contribution >= 0.6 is 0 Å². The largest absolute Gasteiger partial charge is 0.508 e. The number of likely N-dealkylation sites (N-methyl/N-ethyl adjacent to an activating group) is 1. The molecule has 1 heterocycles. The van der Waals surface area contributed by atoms with Crippen LogP contribution in [0.4, 0.5) is 0 Å².